The quantitative estimate of drug-likeness (QED) is 0.802. The molecule has 0 fully saturated rings. The first-order valence-corrected chi connectivity index (χ1v) is 5.10. The lowest BCUT2D eigenvalue weighted by Crippen LogP contribution is -2.10. The molecule has 0 radical (unpaired) electrons. The van der Waals surface area contributed by atoms with Gasteiger partial charge in [-0.2, -0.15) is 0 Å². The van der Waals surface area contributed by atoms with Crippen molar-refractivity contribution < 1.29 is 0 Å². The van der Waals surface area contributed by atoms with Gasteiger partial charge in [0.25, 0.3) is 5.56 Å². The molecule has 0 atom stereocenters. The zero-order valence-corrected chi connectivity index (χ0v) is 9.61. The Morgan fingerprint density at radius 2 is 2.21 bits per heavy atom. The van der Waals surface area contributed by atoms with Gasteiger partial charge in [0.15, 0.2) is 0 Å². The lowest BCUT2D eigenvalue weighted by molar-refractivity contribution is 1.06. The van der Waals surface area contributed by atoms with Gasteiger partial charge in [-0.25, -0.2) is 4.98 Å². The minimum absolute atomic E-state index is 0.156. The summed E-state index contributed by atoms with van der Waals surface area (Å²) in [7, 11) is 0. The third-order valence-corrected chi connectivity index (χ3v) is 2.69. The van der Waals surface area contributed by atoms with Gasteiger partial charge in [0.05, 0.1) is 10.9 Å². The predicted octanol–water partition coefficient (Wildman–Crippen LogP) is 2.65. The molecule has 1 heterocycles. The zero-order valence-electron chi connectivity index (χ0n) is 7.27. The van der Waals surface area contributed by atoms with Crippen LogP contribution < -0.4 is 5.56 Å². The highest BCUT2D eigenvalue weighted by molar-refractivity contribution is 9.10. The van der Waals surface area contributed by atoms with Crippen molar-refractivity contribution in [3.05, 3.63) is 37.8 Å². The fraction of sp³-hybridized carbons (Fsp3) is 0.111. The normalized spacial score (nSPS) is 10.8. The molecule has 0 spiro atoms. The van der Waals surface area contributed by atoms with Crippen molar-refractivity contribution in [2.75, 3.05) is 0 Å². The molecule has 0 aliphatic heterocycles. The third-order valence-electron chi connectivity index (χ3n) is 1.84. The van der Waals surface area contributed by atoms with E-state index in [1.807, 2.05) is 0 Å². The third kappa shape index (κ3) is 1.55. The van der Waals surface area contributed by atoms with Crippen LogP contribution in [0.2, 0.25) is 5.02 Å². The number of hydrogen-bond acceptors (Lipinski definition) is 2. The first-order chi connectivity index (χ1) is 6.58. The minimum Gasteiger partial charge on any atom is -0.310 e. The molecule has 1 aromatic carbocycles. The second-order valence-corrected chi connectivity index (χ2v) is 4.22. The smallest absolute Gasteiger partial charge is 0.259 e. The minimum atomic E-state index is -0.156. The van der Waals surface area contributed by atoms with Crippen molar-refractivity contribution in [1.82, 2.24) is 9.97 Å². The number of fused-ring (bicyclic) bond motifs is 1. The van der Waals surface area contributed by atoms with Crippen LogP contribution in [0, 0.1) is 6.92 Å². The number of rotatable bonds is 0. The number of halogens is 2. The summed E-state index contributed by atoms with van der Waals surface area (Å²) < 4.78 is 0.661. The molecule has 3 nitrogen and oxygen atoms in total. The largest absolute Gasteiger partial charge is 0.310 e. The van der Waals surface area contributed by atoms with Crippen LogP contribution in [0.4, 0.5) is 0 Å². The predicted molar refractivity (Wildman–Crippen MR) is 59.8 cm³/mol. The van der Waals surface area contributed by atoms with E-state index in [1.165, 1.54) is 0 Å². The second kappa shape index (κ2) is 3.37. The Hall–Kier alpha value is -0.870. The molecule has 1 aromatic heterocycles. The average molecular weight is 274 g/mol. The highest BCUT2D eigenvalue weighted by Gasteiger charge is 2.06. The lowest BCUT2D eigenvalue weighted by atomic mass is 10.2. The number of aromatic amines is 1. The number of aryl methyl sites for hydroxylation is 1. The average Bonchev–Trinajstić information content (AvgIpc) is 1.99. The highest BCUT2D eigenvalue weighted by Crippen LogP contribution is 2.24. The molecule has 0 unspecified atom stereocenters. The van der Waals surface area contributed by atoms with Crippen LogP contribution in [0.25, 0.3) is 10.9 Å². The molecule has 1 N–H and O–H groups in total. The Labute approximate surface area is 93.2 Å². The van der Waals surface area contributed by atoms with Crippen LogP contribution in [-0.4, -0.2) is 9.97 Å². The summed E-state index contributed by atoms with van der Waals surface area (Å²) in [6, 6.07) is 3.35. The lowest BCUT2D eigenvalue weighted by Gasteiger charge is -2.01. The van der Waals surface area contributed by atoms with E-state index in [2.05, 4.69) is 25.9 Å². The van der Waals surface area contributed by atoms with Gasteiger partial charge in [0.2, 0.25) is 0 Å². The van der Waals surface area contributed by atoms with E-state index in [-0.39, 0.29) is 5.56 Å². The Bertz CT molecular complexity index is 559. The Morgan fingerprint density at radius 1 is 1.50 bits per heavy atom. The van der Waals surface area contributed by atoms with Crippen LogP contribution in [0.1, 0.15) is 5.82 Å². The SMILES string of the molecule is Cc1nc2cc(Cl)cc(Br)c2c(=O)[nH]1. The Kier molecular flexibility index (Phi) is 2.33. The van der Waals surface area contributed by atoms with Crippen molar-refractivity contribution in [2.45, 2.75) is 6.92 Å². The number of benzene rings is 1. The molecule has 0 amide bonds. The van der Waals surface area contributed by atoms with Gasteiger partial charge in [-0.15, -0.1) is 0 Å². The molecule has 0 aliphatic rings. The number of aromatic nitrogens is 2. The Balaban J connectivity index is 3.02. The van der Waals surface area contributed by atoms with Gasteiger partial charge in [-0.05, 0) is 35.0 Å². The van der Waals surface area contributed by atoms with Crippen molar-refractivity contribution in [2.24, 2.45) is 0 Å². The summed E-state index contributed by atoms with van der Waals surface area (Å²) in [5.74, 6) is 0.580. The highest BCUT2D eigenvalue weighted by atomic mass is 79.9. The summed E-state index contributed by atoms with van der Waals surface area (Å²) in [5.41, 5.74) is 0.446. The van der Waals surface area contributed by atoms with Crippen LogP contribution in [0.3, 0.4) is 0 Å². The van der Waals surface area contributed by atoms with Gasteiger partial charge in [0.1, 0.15) is 5.82 Å². The molecule has 14 heavy (non-hydrogen) atoms. The van der Waals surface area contributed by atoms with Gasteiger partial charge < -0.3 is 4.98 Å². The molecular weight excluding hydrogens is 267 g/mol. The van der Waals surface area contributed by atoms with Crippen molar-refractivity contribution in [3.8, 4) is 0 Å². The summed E-state index contributed by atoms with van der Waals surface area (Å²) >= 11 is 9.13. The Morgan fingerprint density at radius 3 is 2.93 bits per heavy atom. The van der Waals surface area contributed by atoms with E-state index in [0.717, 1.165) is 0 Å². The first kappa shape index (κ1) is 9.68. The first-order valence-electron chi connectivity index (χ1n) is 3.93. The summed E-state index contributed by atoms with van der Waals surface area (Å²) in [6.45, 7) is 1.73. The standard InChI is InChI=1S/C9H6BrClN2O/c1-4-12-7-3-5(11)2-6(10)8(7)9(14)13-4/h2-3H,1H3,(H,12,13,14). The number of nitrogens with one attached hydrogen (secondary N) is 1. The maximum atomic E-state index is 11.6. The molecular formula is C9H6BrClN2O. The maximum Gasteiger partial charge on any atom is 0.259 e. The topological polar surface area (TPSA) is 45.8 Å². The van der Waals surface area contributed by atoms with E-state index >= 15 is 0 Å². The zero-order chi connectivity index (χ0) is 10.3. The molecule has 2 aromatic rings. The number of nitrogens with zero attached hydrogens (tertiary/aromatic N) is 1. The van der Waals surface area contributed by atoms with Crippen molar-refractivity contribution >= 4 is 38.4 Å². The monoisotopic (exact) mass is 272 g/mol. The number of H-pyrrole nitrogens is 1. The maximum absolute atomic E-state index is 11.6. The summed E-state index contributed by atoms with van der Waals surface area (Å²) in [4.78, 5) is 18.4. The molecule has 0 bridgehead atoms. The molecule has 0 aliphatic carbocycles. The molecule has 0 saturated carbocycles. The van der Waals surface area contributed by atoms with Crippen LogP contribution >= 0.6 is 27.5 Å². The fourth-order valence-corrected chi connectivity index (χ4v) is 2.28. The van der Waals surface area contributed by atoms with Crippen LogP contribution in [-0.2, 0) is 0 Å². The van der Waals surface area contributed by atoms with Crippen LogP contribution in [0.5, 0.6) is 0 Å². The van der Waals surface area contributed by atoms with E-state index < -0.39 is 0 Å². The van der Waals surface area contributed by atoms with Gasteiger partial charge >= 0.3 is 0 Å². The van der Waals surface area contributed by atoms with Gasteiger partial charge in [0, 0.05) is 9.50 Å². The second-order valence-electron chi connectivity index (χ2n) is 2.93. The van der Waals surface area contributed by atoms with Crippen molar-refractivity contribution in [3.63, 3.8) is 0 Å². The van der Waals surface area contributed by atoms with E-state index in [4.69, 9.17) is 11.6 Å². The molecule has 2 rings (SSSR count). The number of hydrogen-bond donors (Lipinski definition) is 1. The van der Waals surface area contributed by atoms with E-state index in [1.54, 1.807) is 19.1 Å². The van der Waals surface area contributed by atoms with Gasteiger partial charge in [-0.3, -0.25) is 4.79 Å². The van der Waals surface area contributed by atoms with Crippen molar-refractivity contribution in [1.29, 1.82) is 0 Å². The summed E-state index contributed by atoms with van der Waals surface area (Å²) in [6.07, 6.45) is 0. The summed E-state index contributed by atoms with van der Waals surface area (Å²) in [5, 5.41) is 1.09. The van der Waals surface area contributed by atoms with E-state index in [0.29, 0.717) is 26.2 Å². The molecule has 72 valence electrons. The molecule has 5 heteroatoms. The molecule has 0 saturated heterocycles. The van der Waals surface area contributed by atoms with E-state index in [9.17, 15) is 4.79 Å². The fourth-order valence-electron chi connectivity index (χ4n) is 1.31. The van der Waals surface area contributed by atoms with Gasteiger partial charge in [-0.1, -0.05) is 11.6 Å². The van der Waals surface area contributed by atoms with Crippen LogP contribution in [0.15, 0.2) is 21.4 Å².